The van der Waals surface area contributed by atoms with Crippen LogP contribution in [0.4, 0.5) is 17.6 Å². The SMILES string of the molecule is CN1CCC[C@]2(CO)CCN(c3cc(N4CCOCC4)nc(N)n3)C[C@@H]12. The number of ether oxygens (including phenoxy) is 1. The maximum absolute atomic E-state index is 10.1. The van der Waals surface area contributed by atoms with E-state index in [1.807, 2.05) is 0 Å². The minimum Gasteiger partial charge on any atom is -0.396 e. The molecular formula is C18H30N6O2. The molecule has 0 unspecified atom stereocenters. The standard InChI is InChI=1S/C18H30N6O2/c1-22-5-2-3-18(13-25)4-6-24(12-14(18)22)16-11-15(20-17(19)21-16)23-7-9-26-10-8-23/h11,14,25H,2-10,12-13H2,1H3,(H2,19,20,21)/t14-,18-/m1/s1. The molecular weight excluding hydrogens is 332 g/mol. The van der Waals surface area contributed by atoms with Crippen molar-refractivity contribution in [3.8, 4) is 0 Å². The summed E-state index contributed by atoms with van der Waals surface area (Å²) < 4.78 is 5.44. The van der Waals surface area contributed by atoms with Crippen LogP contribution in [0, 0.1) is 5.41 Å². The van der Waals surface area contributed by atoms with Gasteiger partial charge in [-0.3, -0.25) is 0 Å². The van der Waals surface area contributed by atoms with E-state index in [1.54, 1.807) is 0 Å². The summed E-state index contributed by atoms with van der Waals surface area (Å²) in [5.41, 5.74) is 6.05. The van der Waals surface area contributed by atoms with Gasteiger partial charge in [-0.15, -0.1) is 0 Å². The number of fused-ring (bicyclic) bond motifs is 1. The number of nitrogens with two attached hydrogens (primary N) is 1. The van der Waals surface area contributed by atoms with Gasteiger partial charge in [-0.2, -0.15) is 9.97 Å². The van der Waals surface area contributed by atoms with Gasteiger partial charge in [0.15, 0.2) is 0 Å². The number of anilines is 3. The average molecular weight is 362 g/mol. The second-order valence-corrected chi connectivity index (χ2v) is 7.86. The predicted octanol–water partition coefficient (Wildman–Crippen LogP) is 0.178. The number of hydrogen-bond acceptors (Lipinski definition) is 8. The van der Waals surface area contributed by atoms with Crippen LogP contribution in [0.15, 0.2) is 6.07 Å². The Bertz CT molecular complexity index is 638. The van der Waals surface area contributed by atoms with Crippen LogP contribution in [-0.2, 0) is 4.74 Å². The second-order valence-electron chi connectivity index (χ2n) is 7.86. The number of hydrogen-bond donors (Lipinski definition) is 2. The number of likely N-dealkylation sites (N-methyl/N-ethyl adjacent to an activating group) is 1. The number of aliphatic hydroxyl groups is 1. The van der Waals surface area contributed by atoms with Crippen LogP contribution >= 0.6 is 0 Å². The number of likely N-dealkylation sites (tertiary alicyclic amines) is 1. The van der Waals surface area contributed by atoms with Crippen LogP contribution in [0.1, 0.15) is 19.3 Å². The van der Waals surface area contributed by atoms with Crippen molar-refractivity contribution in [3.05, 3.63) is 6.07 Å². The lowest BCUT2D eigenvalue weighted by molar-refractivity contribution is -0.0277. The van der Waals surface area contributed by atoms with Crippen molar-refractivity contribution in [1.82, 2.24) is 14.9 Å². The highest BCUT2D eigenvalue weighted by Gasteiger charge is 2.46. The lowest BCUT2D eigenvalue weighted by atomic mass is 9.69. The largest absolute Gasteiger partial charge is 0.396 e. The summed E-state index contributed by atoms with van der Waals surface area (Å²) in [6.45, 7) is 6.21. The molecule has 3 N–H and O–H groups in total. The fourth-order valence-corrected chi connectivity index (χ4v) is 4.78. The number of piperidine rings is 2. The van der Waals surface area contributed by atoms with E-state index in [-0.39, 0.29) is 12.0 Å². The maximum Gasteiger partial charge on any atom is 0.223 e. The molecule has 144 valence electrons. The molecule has 8 heteroatoms. The smallest absolute Gasteiger partial charge is 0.223 e. The van der Waals surface area contributed by atoms with Gasteiger partial charge in [0.05, 0.1) is 19.8 Å². The highest BCUT2D eigenvalue weighted by atomic mass is 16.5. The van der Waals surface area contributed by atoms with Gasteiger partial charge in [-0.1, -0.05) is 0 Å². The number of aliphatic hydroxyl groups excluding tert-OH is 1. The minimum absolute atomic E-state index is 0.0229. The first-order valence-electron chi connectivity index (χ1n) is 9.65. The third-order valence-corrected chi connectivity index (χ3v) is 6.39. The lowest BCUT2D eigenvalue weighted by Gasteiger charge is -2.53. The summed E-state index contributed by atoms with van der Waals surface area (Å²) in [4.78, 5) is 15.9. The van der Waals surface area contributed by atoms with Crippen molar-refractivity contribution in [2.75, 3.05) is 75.1 Å². The monoisotopic (exact) mass is 362 g/mol. The van der Waals surface area contributed by atoms with Crippen LogP contribution in [0.2, 0.25) is 0 Å². The minimum atomic E-state index is 0.0229. The van der Waals surface area contributed by atoms with Crippen molar-refractivity contribution in [1.29, 1.82) is 0 Å². The molecule has 2 atom stereocenters. The van der Waals surface area contributed by atoms with Gasteiger partial charge in [0.25, 0.3) is 0 Å². The average Bonchev–Trinajstić information content (AvgIpc) is 2.68. The van der Waals surface area contributed by atoms with E-state index in [0.29, 0.717) is 12.0 Å². The van der Waals surface area contributed by atoms with Crippen molar-refractivity contribution in [2.24, 2.45) is 5.41 Å². The fourth-order valence-electron chi connectivity index (χ4n) is 4.78. The molecule has 3 aliphatic rings. The van der Waals surface area contributed by atoms with Gasteiger partial charge in [0.1, 0.15) is 11.6 Å². The molecule has 0 aliphatic carbocycles. The summed E-state index contributed by atoms with van der Waals surface area (Å²) in [5, 5.41) is 10.1. The highest BCUT2D eigenvalue weighted by molar-refractivity contribution is 5.54. The molecule has 1 aromatic rings. The molecule has 1 aromatic heterocycles. The Labute approximate surface area is 154 Å². The lowest BCUT2D eigenvalue weighted by Crippen LogP contribution is -2.61. The zero-order chi connectivity index (χ0) is 18.1. The molecule has 4 rings (SSSR count). The van der Waals surface area contributed by atoms with Gasteiger partial charge in [0, 0.05) is 43.7 Å². The van der Waals surface area contributed by atoms with Crippen LogP contribution < -0.4 is 15.5 Å². The van der Waals surface area contributed by atoms with E-state index in [4.69, 9.17) is 10.5 Å². The zero-order valence-corrected chi connectivity index (χ0v) is 15.6. The second kappa shape index (κ2) is 7.17. The van der Waals surface area contributed by atoms with Gasteiger partial charge >= 0.3 is 0 Å². The summed E-state index contributed by atoms with van der Waals surface area (Å²) in [5.74, 6) is 2.09. The van der Waals surface area contributed by atoms with Crippen molar-refractivity contribution < 1.29 is 9.84 Å². The molecule has 8 nitrogen and oxygen atoms in total. The summed E-state index contributed by atoms with van der Waals surface area (Å²) in [6, 6.07) is 2.40. The van der Waals surface area contributed by atoms with E-state index >= 15 is 0 Å². The Morgan fingerprint density at radius 1 is 1.15 bits per heavy atom. The molecule has 0 aromatic carbocycles. The third kappa shape index (κ3) is 3.21. The Kier molecular flexibility index (Phi) is 4.90. The van der Waals surface area contributed by atoms with E-state index < -0.39 is 0 Å². The normalized spacial score (nSPS) is 30.3. The number of aromatic nitrogens is 2. The molecule has 0 amide bonds. The van der Waals surface area contributed by atoms with Crippen LogP contribution in [-0.4, -0.2) is 85.6 Å². The molecule has 0 bridgehead atoms. The number of morpholine rings is 1. The van der Waals surface area contributed by atoms with Crippen molar-refractivity contribution in [3.63, 3.8) is 0 Å². The quantitative estimate of drug-likeness (QED) is 0.787. The van der Waals surface area contributed by atoms with Gasteiger partial charge in [0.2, 0.25) is 5.95 Å². The van der Waals surface area contributed by atoms with E-state index in [2.05, 4.69) is 37.8 Å². The van der Waals surface area contributed by atoms with Gasteiger partial charge in [-0.25, -0.2) is 0 Å². The number of nitrogen functional groups attached to an aromatic ring is 1. The van der Waals surface area contributed by atoms with Crippen LogP contribution in [0.3, 0.4) is 0 Å². The van der Waals surface area contributed by atoms with Gasteiger partial charge < -0.3 is 30.3 Å². The van der Waals surface area contributed by atoms with Crippen molar-refractivity contribution in [2.45, 2.75) is 25.3 Å². The predicted molar refractivity (Wildman–Crippen MR) is 101 cm³/mol. The Hall–Kier alpha value is -1.64. The van der Waals surface area contributed by atoms with Crippen molar-refractivity contribution >= 4 is 17.6 Å². The molecule has 26 heavy (non-hydrogen) atoms. The third-order valence-electron chi connectivity index (χ3n) is 6.39. The molecule has 3 aliphatic heterocycles. The molecule has 0 spiro atoms. The number of nitrogens with zero attached hydrogens (tertiary/aromatic N) is 5. The maximum atomic E-state index is 10.1. The first kappa shape index (κ1) is 17.8. The Morgan fingerprint density at radius 3 is 2.62 bits per heavy atom. The molecule has 3 saturated heterocycles. The molecule has 0 saturated carbocycles. The molecule has 0 radical (unpaired) electrons. The summed E-state index contributed by atoms with van der Waals surface area (Å²) >= 11 is 0. The Balaban J connectivity index is 1.57. The van der Waals surface area contributed by atoms with Gasteiger partial charge in [-0.05, 0) is 32.9 Å². The van der Waals surface area contributed by atoms with Crippen LogP contribution in [0.5, 0.6) is 0 Å². The van der Waals surface area contributed by atoms with E-state index in [1.165, 1.54) is 0 Å². The first-order valence-corrected chi connectivity index (χ1v) is 9.65. The highest BCUT2D eigenvalue weighted by Crippen LogP contribution is 2.42. The first-order chi connectivity index (χ1) is 12.6. The van der Waals surface area contributed by atoms with E-state index in [0.717, 1.165) is 76.8 Å². The topological polar surface area (TPSA) is 91.0 Å². The number of rotatable bonds is 3. The Morgan fingerprint density at radius 2 is 1.88 bits per heavy atom. The molecule has 4 heterocycles. The summed E-state index contributed by atoms with van der Waals surface area (Å²) in [7, 11) is 2.17. The zero-order valence-electron chi connectivity index (χ0n) is 15.6. The van der Waals surface area contributed by atoms with E-state index in [9.17, 15) is 5.11 Å². The fraction of sp³-hybridized carbons (Fsp3) is 0.778. The molecule has 3 fully saturated rings. The van der Waals surface area contributed by atoms with Crippen LogP contribution in [0.25, 0.3) is 0 Å². The summed E-state index contributed by atoms with van der Waals surface area (Å²) in [6.07, 6.45) is 3.25.